The van der Waals surface area contributed by atoms with E-state index in [4.69, 9.17) is 4.74 Å². The van der Waals surface area contributed by atoms with Crippen LogP contribution in [0.5, 0.6) is 5.75 Å². The quantitative estimate of drug-likeness (QED) is 0.811. The zero-order valence-electron chi connectivity index (χ0n) is 12.6. The molecule has 0 heterocycles. The fourth-order valence-electron chi connectivity index (χ4n) is 2.09. The molecule has 21 heavy (non-hydrogen) atoms. The Labute approximate surface area is 126 Å². The van der Waals surface area contributed by atoms with Crippen molar-refractivity contribution < 1.29 is 9.13 Å². The van der Waals surface area contributed by atoms with Gasteiger partial charge in [-0.2, -0.15) is 0 Å². The van der Waals surface area contributed by atoms with Gasteiger partial charge < -0.3 is 10.1 Å². The predicted octanol–water partition coefficient (Wildman–Crippen LogP) is 4.47. The van der Waals surface area contributed by atoms with Crippen molar-refractivity contribution in [3.63, 3.8) is 0 Å². The van der Waals surface area contributed by atoms with Crippen molar-refractivity contribution in [2.24, 2.45) is 0 Å². The summed E-state index contributed by atoms with van der Waals surface area (Å²) in [6.07, 6.45) is 1.01. The number of halogens is 1. The highest BCUT2D eigenvalue weighted by Crippen LogP contribution is 2.16. The minimum atomic E-state index is -0.196. The van der Waals surface area contributed by atoms with E-state index in [-0.39, 0.29) is 11.9 Å². The van der Waals surface area contributed by atoms with Crippen LogP contribution in [-0.2, 0) is 6.54 Å². The largest absolute Gasteiger partial charge is 0.494 e. The van der Waals surface area contributed by atoms with Crippen LogP contribution in [0.2, 0.25) is 0 Å². The molecule has 1 N–H and O–H groups in total. The van der Waals surface area contributed by atoms with E-state index in [2.05, 4.69) is 24.4 Å². The average molecular weight is 287 g/mol. The second-order valence-corrected chi connectivity index (χ2v) is 5.15. The molecule has 2 aromatic rings. The third-order valence-electron chi connectivity index (χ3n) is 3.36. The van der Waals surface area contributed by atoms with Crippen molar-refractivity contribution in [1.82, 2.24) is 5.32 Å². The summed E-state index contributed by atoms with van der Waals surface area (Å²) in [6.45, 7) is 5.61. The van der Waals surface area contributed by atoms with E-state index >= 15 is 0 Å². The van der Waals surface area contributed by atoms with Crippen LogP contribution in [0, 0.1) is 5.82 Å². The maximum absolute atomic E-state index is 13.2. The number of nitrogens with one attached hydrogen (secondary N) is 1. The van der Waals surface area contributed by atoms with Gasteiger partial charge in [0.25, 0.3) is 0 Å². The zero-order valence-corrected chi connectivity index (χ0v) is 12.6. The molecule has 0 amide bonds. The summed E-state index contributed by atoms with van der Waals surface area (Å²) in [5.41, 5.74) is 2.14. The van der Waals surface area contributed by atoms with Gasteiger partial charge in [0.05, 0.1) is 6.61 Å². The molecule has 2 aromatic carbocycles. The highest BCUT2D eigenvalue weighted by atomic mass is 19.1. The Bertz CT molecular complexity index is 553. The molecule has 0 aliphatic rings. The maximum Gasteiger partial charge on any atom is 0.123 e. The zero-order chi connectivity index (χ0) is 15.1. The van der Waals surface area contributed by atoms with E-state index in [1.807, 2.05) is 25.1 Å². The molecule has 2 nitrogen and oxygen atoms in total. The van der Waals surface area contributed by atoms with Crippen molar-refractivity contribution in [3.8, 4) is 5.75 Å². The molecule has 0 aliphatic carbocycles. The van der Waals surface area contributed by atoms with Gasteiger partial charge >= 0.3 is 0 Å². The molecule has 2 rings (SSSR count). The van der Waals surface area contributed by atoms with Crippen LogP contribution in [0.3, 0.4) is 0 Å². The van der Waals surface area contributed by atoms with E-state index in [1.165, 1.54) is 11.6 Å². The van der Waals surface area contributed by atoms with Gasteiger partial charge in [-0.25, -0.2) is 4.39 Å². The topological polar surface area (TPSA) is 21.3 Å². The van der Waals surface area contributed by atoms with Gasteiger partial charge in [-0.3, -0.25) is 0 Å². The van der Waals surface area contributed by atoms with Gasteiger partial charge in [-0.1, -0.05) is 31.2 Å². The van der Waals surface area contributed by atoms with Crippen LogP contribution >= 0.6 is 0 Å². The monoisotopic (exact) mass is 287 g/mol. The molecule has 112 valence electrons. The van der Waals surface area contributed by atoms with Crippen molar-refractivity contribution in [2.45, 2.75) is 32.9 Å². The lowest BCUT2D eigenvalue weighted by molar-refractivity contribution is 0.317. The van der Waals surface area contributed by atoms with Crippen molar-refractivity contribution in [2.75, 3.05) is 6.61 Å². The third-order valence-corrected chi connectivity index (χ3v) is 3.36. The molecule has 1 unspecified atom stereocenters. The van der Waals surface area contributed by atoms with Crippen LogP contribution < -0.4 is 10.1 Å². The Balaban J connectivity index is 1.87. The Morgan fingerprint density at radius 3 is 2.57 bits per heavy atom. The second-order valence-electron chi connectivity index (χ2n) is 5.15. The van der Waals surface area contributed by atoms with Crippen molar-refractivity contribution in [1.29, 1.82) is 0 Å². The summed E-state index contributed by atoms with van der Waals surface area (Å²) in [6, 6.07) is 14.9. The first kappa shape index (κ1) is 15.5. The van der Waals surface area contributed by atoms with Crippen LogP contribution in [0.15, 0.2) is 48.5 Å². The summed E-state index contributed by atoms with van der Waals surface area (Å²) in [5, 5.41) is 3.40. The first-order chi connectivity index (χ1) is 10.2. The van der Waals surface area contributed by atoms with Crippen LogP contribution in [-0.4, -0.2) is 6.61 Å². The summed E-state index contributed by atoms with van der Waals surface area (Å²) < 4.78 is 18.8. The summed E-state index contributed by atoms with van der Waals surface area (Å²) in [5.74, 6) is 0.706. The van der Waals surface area contributed by atoms with E-state index in [1.54, 1.807) is 12.1 Å². The van der Waals surface area contributed by atoms with Gasteiger partial charge in [0, 0.05) is 12.6 Å². The summed E-state index contributed by atoms with van der Waals surface area (Å²) >= 11 is 0. The SMILES string of the molecule is CCCOc1ccc(CNC(C)c2cccc(F)c2)cc1. The number of rotatable bonds is 7. The minimum absolute atomic E-state index is 0.108. The lowest BCUT2D eigenvalue weighted by Crippen LogP contribution is -2.18. The lowest BCUT2D eigenvalue weighted by atomic mass is 10.1. The summed E-state index contributed by atoms with van der Waals surface area (Å²) in [7, 11) is 0. The highest BCUT2D eigenvalue weighted by molar-refractivity contribution is 5.27. The Morgan fingerprint density at radius 2 is 1.90 bits per heavy atom. The normalized spacial score (nSPS) is 12.1. The van der Waals surface area contributed by atoms with E-state index in [0.717, 1.165) is 30.9 Å². The molecule has 0 aliphatic heterocycles. The molecular formula is C18H22FNO. The molecule has 1 atom stereocenters. The molecular weight excluding hydrogens is 265 g/mol. The second kappa shape index (κ2) is 7.79. The van der Waals surface area contributed by atoms with E-state index in [0.29, 0.717) is 0 Å². The third kappa shape index (κ3) is 4.87. The summed E-state index contributed by atoms with van der Waals surface area (Å²) in [4.78, 5) is 0. The highest BCUT2D eigenvalue weighted by Gasteiger charge is 2.05. The van der Waals surface area contributed by atoms with Gasteiger partial charge in [0.2, 0.25) is 0 Å². The molecule has 0 saturated heterocycles. The van der Waals surface area contributed by atoms with Gasteiger partial charge in [-0.15, -0.1) is 0 Å². The smallest absolute Gasteiger partial charge is 0.123 e. The first-order valence-corrected chi connectivity index (χ1v) is 7.39. The minimum Gasteiger partial charge on any atom is -0.494 e. The fraction of sp³-hybridized carbons (Fsp3) is 0.333. The molecule has 0 radical (unpaired) electrons. The Kier molecular flexibility index (Phi) is 5.76. The van der Waals surface area contributed by atoms with E-state index < -0.39 is 0 Å². The standard InChI is InChI=1S/C18H22FNO/c1-3-11-21-18-9-7-15(8-10-18)13-20-14(2)16-5-4-6-17(19)12-16/h4-10,12,14,20H,3,11,13H2,1-2H3. The molecule has 0 fully saturated rings. The fourth-order valence-corrected chi connectivity index (χ4v) is 2.09. The number of benzene rings is 2. The Hall–Kier alpha value is -1.87. The van der Waals surface area contributed by atoms with Crippen molar-refractivity contribution in [3.05, 3.63) is 65.5 Å². The van der Waals surface area contributed by atoms with E-state index in [9.17, 15) is 4.39 Å². The molecule has 0 spiro atoms. The van der Waals surface area contributed by atoms with Gasteiger partial charge in [-0.05, 0) is 48.7 Å². The van der Waals surface area contributed by atoms with Crippen LogP contribution in [0.4, 0.5) is 4.39 Å². The molecule has 0 bridgehead atoms. The van der Waals surface area contributed by atoms with Crippen LogP contribution in [0.25, 0.3) is 0 Å². The average Bonchev–Trinajstić information content (AvgIpc) is 2.51. The van der Waals surface area contributed by atoms with Gasteiger partial charge in [0.15, 0.2) is 0 Å². The van der Waals surface area contributed by atoms with Gasteiger partial charge in [0.1, 0.15) is 11.6 Å². The molecule has 3 heteroatoms. The molecule has 0 saturated carbocycles. The number of ether oxygens (including phenoxy) is 1. The number of hydrogen-bond acceptors (Lipinski definition) is 2. The Morgan fingerprint density at radius 1 is 1.14 bits per heavy atom. The first-order valence-electron chi connectivity index (χ1n) is 7.39. The maximum atomic E-state index is 13.2. The van der Waals surface area contributed by atoms with Crippen LogP contribution in [0.1, 0.15) is 37.4 Å². The molecule has 0 aromatic heterocycles. The lowest BCUT2D eigenvalue weighted by Gasteiger charge is -2.14. The predicted molar refractivity (Wildman–Crippen MR) is 83.9 cm³/mol. The number of hydrogen-bond donors (Lipinski definition) is 1. The van der Waals surface area contributed by atoms with Crippen molar-refractivity contribution >= 4 is 0 Å².